The van der Waals surface area contributed by atoms with Gasteiger partial charge in [0.1, 0.15) is 12.6 Å². The first-order valence-corrected chi connectivity index (χ1v) is 9.00. The van der Waals surface area contributed by atoms with Gasteiger partial charge in [-0.2, -0.15) is 0 Å². The summed E-state index contributed by atoms with van der Waals surface area (Å²) in [7, 11) is 2.91. The maximum Gasteiger partial charge on any atom is 0.407 e. The molecule has 0 unspecified atom stereocenters. The molecule has 1 aliphatic carbocycles. The minimum atomic E-state index is -0.689. The Labute approximate surface area is 159 Å². The van der Waals surface area contributed by atoms with Gasteiger partial charge in [0, 0.05) is 13.0 Å². The number of likely N-dealkylation sites (N-methyl/N-ethyl adjacent to an activating group) is 1. The van der Waals surface area contributed by atoms with Gasteiger partial charge < -0.3 is 10.1 Å². The fraction of sp³-hybridized carbons (Fsp3) is 0.333. The van der Waals surface area contributed by atoms with Crippen LogP contribution in [0.1, 0.15) is 30.4 Å². The maximum absolute atomic E-state index is 12.3. The van der Waals surface area contributed by atoms with Gasteiger partial charge in [0.25, 0.3) is 5.91 Å². The Balaban J connectivity index is 1.68. The lowest BCUT2D eigenvalue weighted by molar-refractivity contribution is -0.171. The lowest BCUT2D eigenvalue weighted by atomic mass is 9.98. The number of hydrogen-bond acceptors (Lipinski definition) is 4. The molecular formula is C21H24N2O4. The van der Waals surface area contributed by atoms with E-state index < -0.39 is 12.1 Å². The van der Waals surface area contributed by atoms with E-state index >= 15 is 0 Å². The van der Waals surface area contributed by atoms with Crippen LogP contribution in [0.3, 0.4) is 0 Å². The Bertz CT molecular complexity index is 791. The average molecular weight is 368 g/mol. The Morgan fingerprint density at radius 3 is 2.15 bits per heavy atom. The number of hydrogen-bond donors (Lipinski definition) is 1. The quantitative estimate of drug-likeness (QED) is 0.794. The summed E-state index contributed by atoms with van der Waals surface area (Å²) in [5, 5.41) is 3.72. The monoisotopic (exact) mass is 368 g/mol. The molecule has 3 rings (SSSR count). The van der Waals surface area contributed by atoms with E-state index in [4.69, 9.17) is 9.57 Å². The highest BCUT2D eigenvalue weighted by Crippen LogP contribution is 2.44. The second kappa shape index (κ2) is 8.22. The number of hydroxylamine groups is 2. The molecule has 0 spiro atoms. The van der Waals surface area contributed by atoms with E-state index in [-0.39, 0.29) is 18.4 Å². The van der Waals surface area contributed by atoms with E-state index in [0.29, 0.717) is 6.42 Å². The molecule has 6 heteroatoms. The number of carbonyl (C=O) groups is 2. The smallest absolute Gasteiger partial charge is 0.407 e. The van der Waals surface area contributed by atoms with E-state index in [0.717, 1.165) is 16.2 Å². The molecule has 2 aromatic carbocycles. The van der Waals surface area contributed by atoms with Crippen molar-refractivity contribution in [2.45, 2.75) is 25.3 Å². The van der Waals surface area contributed by atoms with Crippen LogP contribution in [0.2, 0.25) is 0 Å². The molecule has 0 heterocycles. The lowest BCUT2D eigenvalue weighted by Crippen LogP contribution is -2.47. The summed E-state index contributed by atoms with van der Waals surface area (Å²) >= 11 is 0. The van der Waals surface area contributed by atoms with Crippen molar-refractivity contribution in [3.8, 4) is 11.1 Å². The highest BCUT2D eigenvalue weighted by Gasteiger charge is 2.30. The lowest BCUT2D eigenvalue weighted by Gasteiger charge is -2.22. The van der Waals surface area contributed by atoms with Crippen LogP contribution >= 0.6 is 0 Å². The fourth-order valence-electron chi connectivity index (χ4n) is 3.43. The number of carbonyl (C=O) groups excluding carboxylic acids is 2. The van der Waals surface area contributed by atoms with Gasteiger partial charge in [0.05, 0.1) is 7.11 Å². The van der Waals surface area contributed by atoms with Gasteiger partial charge >= 0.3 is 6.09 Å². The van der Waals surface area contributed by atoms with Gasteiger partial charge in [0.15, 0.2) is 0 Å². The average Bonchev–Trinajstić information content (AvgIpc) is 3.03. The maximum atomic E-state index is 12.3. The van der Waals surface area contributed by atoms with E-state index in [1.54, 1.807) is 0 Å². The molecule has 0 fully saturated rings. The van der Waals surface area contributed by atoms with Gasteiger partial charge in [-0.05, 0) is 28.7 Å². The Morgan fingerprint density at radius 2 is 1.63 bits per heavy atom. The molecule has 0 bridgehead atoms. The number of ether oxygens (including phenoxy) is 1. The van der Waals surface area contributed by atoms with Crippen LogP contribution in [-0.4, -0.2) is 43.9 Å². The minimum Gasteiger partial charge on any atom is -0.449 e. The first-order valence-electron chi connectivity index (χ1n) is 9.00. The fourth-order valence-corrected chi connectivity index (χ4v) is 3.43. The summed E-state index contributed by atoms with van der Waals surface area (Å²) in [6.07, 6.45) is -0.168. The molecule has 0 aliphatic heterocycles. The summed E-state index contributed by atoms with van der Waals surface area (Å²) < 4.78 is 5.47. The Morgan fingerprint density at radius 1 is 1.07 bits per heavy atom. The van der Waals surface area contributed by atoms with Crippen molar-refractivity contribution in [2.24, 2.45) is 0 Å². The second-order valence-corrected chi connectivity index (χ2v) is 6.45. The molecule has 0 saturated heterocycles. The summed E-state index contributed by atoms with van der Waals surface area (Å²) in [5.74, 6) is -0.339. The summed E-state index contributed by atoms with van der Waals surface area (Å²) in [6.45, 7) is 2.03. The van der Waals surface area contributed by atoms with Gasteiger partial charge in [-0.15, -0.1) is 0 Å². The molecular weight excluding hydrogens is 344 g/mol. The van der Waals surface area contributed by atoms with E-state index in [9.17, 15) is 9.59 Å². The summed E-state index contributed by atoms with van der Waals surface area (Å²) in [6, 6.07) is 15.6. The normalized spacial score (nSPS) is 13.4. The van der Waals surface area contributed by atoms with Crippen molar-refractivity contribution >= 4 is 12.0 Å². The molecule has 27 heavy (non-hydrogen) atoms. The topological polar surface area (TPSA) is 67.9 Å². The predicted molar refractivity (Wildman–Crippen MR) is 102 cm³/mol. The molecule has 2 amide bonds. The SMILES string of the molecule is CC[C@@H](NC(=O)OCC1c2ccccc2-c2ccccc21)C(=O)N(C)OC. The first-order chi connectivity index (χ1) is 13.1. The van der Waals surface area contributed by atoms with Crippen LogP contribution in [0.4, 0.5) is 4.79 Å². The zero-order valence-corrected chi connectivity index (χ0v) is 15.8. The van der Waals surface area contributed by atoms with Crippen molar-refractivity contribution in [2.75, 3.05) is 20.8 Å². The number of nitrogens with zero attached hydrogens (tertiary/aromatic N) is 1. The van der Waals surface area contributed by atoms with Gasteiger partial charge in [-0.3, -0.25) is 9.63 Å². The van der Waals surface area contributed by atoms with Crippen LogP contribution in [0.25, 0.3) is 11.1 Å². The highest BCUT2D eigenvalue weighted by atomic mass is 16.7. The molecule has 2 aromatic rings. The van der Waals surface area contributed by atoms with Gasteiger partial charge in [-0.1, -0.05) is 55.5 Å². The van der Waals surface area contributed by atoms with Crippen molar-refractivity contribution in [1.29, 1.82) is 0 Å². The zero-order chi connectivity index (χ0) is 19.4. The van der Waals surface area contributed by atoms with Crippen LogP contribution in [0.15, 0.2) is 48.5 Å². The third-order valence-electron chi connectivity index (χ3n) is 4.93. The van der Waals surface area contributed by atoms with Crippen molar-refractivity contribution < 1.29 is 19.2 Å². The van der Waals surface area contributed by atoms with Crippen molar-refractivity contribution in [3.63, 3.8) is 0 Å². The third-order valence-corrected chi connectivity index (χ3v) is 4.93. The molecule has 1 atom stereocenters. The predicted octanol–water partition coefficient (Wildman–Crippen LogP) is 3.32. The van der Waals surface area contributed by atoms with Gasteiger partial charge in [0.2, 0.25) is 0 Å². The molecule has 0 aromatic heterocycles. The second-order valence-electron chi connectivity index (χ2n) is 6.45. The molecule has 1 aliphatic rings. The number of nitrogens with one attached hydrogen (secondary N) is 1. The minimum absolute atomic E-state index is 0.0134. The zero-order valence-electron chi connectivity index (χ0n) is 15.8. The third kappa shape index (κ3) is 3.80. The van der Waals surface area contributed by atoms with Crippen LogP contribution in [0, 0.1) is 0 Å². The van der Waals surface area contributed by atoms with Crippen LogP contribution in [-0.2, 0) is 14.4 Å². The molecule has 6 nitrogen and oxygen atoms in total. The largest absolute Gasteiger partial charge is 0.449 e. The molecule has 0 saturated carbocycles. The standard InChI is InChI=1S/C21H24N2O4/c1-4-19(20(24)23(2)26-3)22-21(25)27-13-18-16-11-7-5-9-14(16)15-10-6-8-12-17(15)18/h5-12,18-19H,4,13H2,1-3H3,(H,22,25)/t19-/m1/s1. The molecule has 0 radical (unpaired) electrons. The first kappa shape index (κ1) is 18.9. The van der Waals surface area contributed by atoms with Crippen LogP contribution in [0.5, 0.6) is 0 Å². The Kier molecular flexibility index (Phi) is 5.76. The Hall–Kier alpha value is -2.86. The van der Waals surface area contributed by atoms with E-state index in [1.807, 2.05) is 31.2 Å². The summed E-state index contributed by atoms with van der Waals surface area (Å²) in [5.41, 5.74) is 4.64. The van der Waals surface area contributed by atoms with Crippen molar-refractivity contribution in [3.05, 3.63) is 59.7 Å². The number of alkyl carbamates (subject to hydrolysis) is 1. The highest BCUT2D eigenvalue weighted by molar-refractivity contribution is 5.85. The molecule has 1 N–H and O–H groups in total. The van der Waals surface area contributed by atoms with Gasteiger partial charge in [-0.25, -0.2) is 9.86 Å². The van der Waals surface area contributed by atoms with Crippen LogP contribution < -0.4 is 5.32 Å². The summed E-state index contributed by atoms with van der Waals surface area (Å²) in [4.78, 5) is 29.3. The molecule has 142 valence electrons. The van der Waals surface area contributed by atoms with E-state index in [2.05, 4.69) is 29.6 Å². The number of benzene rings is 2. The number of rotatable bonds is 6. The number of fused-ring (bicyclic) bond motifs is 3. The van der Waals surface area contributed by atoms with E-state index in [1.165, 1.54) is 25.3 Å². The van der Waals surface area contributed by atoms with Crippen molar-refractivity contribution in [1.82, 2.24) is 10.4 Å². The number of amides is 2.